The summed E-state index contributed by atoms with van der Waals surface area (Å²) in [6, 6.07) is 3.89. The fraction of sp³-hybridized carbons (Fsp3) is 0.462. The average molecular weight is 253 g/mol. The maximum atomic E-state index is 11.9. The Morgan fingerprint density at radius 1 is 1.41 bits per heavy atom. The smallest absolute Gasteiger partial charge is 0.227 e. The van der Waals surface area contributed by atoms with Crippen LogP contribution in [0.4, 0.5) is 5.69 Å². The summed E-state index contributed by atoms with van der Waals surface area (Å²) >= 11 is 6.06. The van der Waals surface area contributed by atoms with Gasteiger partial charge < -0.3 is 10.6 Å². The second kappa shape index (κ2) is 4.67. The Kier molecular flexibility index (Phi) is 3.40. The molecule has 2 N–H and O–H groups in total. The van der Waals surface area contributed by atoms with Gasteiger partial charge >= 0.3 is 0 Å². The van der Waals surface area contributed by atoms with Gasteiger partial charge in [-0.1, -0.05) is 11.6 Å². The first kappa shape index (κ1) is 12.4. The van der Waals surface area contributed by atoms with Gasteiger partial charge in [-0.2, -0.15) is 0 Å². The van der Waals surface area contributed by atoms with E-state index in [1.165, 1.54) is 0 Å². The van der Waals surface area contributed by atoms with Crippen molar-refractivity contribution in [1.29, 1.82) is 0 Å². The van der Waals surface area contributed by atoms with Crippen LogP contribution < -0.4 is 10.6 Å². The lowest BCUT2D eigenvalue weighted by Gasteiger charge is -2.20. The molecule has 1 saturated heterocycles. The van der Waals surface area contributed by atoms with Crippen molar-refractivity contribution in [2.75, 3.05) is 18.0 Å². The topological polar surface area (TPSA) is 46.3 Å². The molecule has 0 aliphatic carbocycles. The quantitative estimate of drug-likeness (QED) is 0.878. The van der Waals surface area contributed by atoms with Crippen molar-refractivity contribution in [1.82, 2.24) is 0 Å². The first-order chi connectivity index (χ1) is 8.02. The first-order valence-corrected chi connectivity index (χ1v) is 6.18. The van der Waals surface area contributed by atoms with E-state index < -0.39 is 0 Å². The third-order valence-corrected chi connectivity index (χ3v) is 3.71. The van der Waals surface area contributed by atoms with Crippen molar-refractivity contribution in [3.05, 3.63) is 28.3 Å². The number of carbonyl (C=O) groups excluding carboxylic acids is 1. The predicted molar refractivity (Wildman–Crippen MR) is 70.4 cm³/mol. The van der Waals surface area contributed by atoms with E-state index in [0.29, 0.717) is 13.0 Å². The van der Waals surface area contributed by atoms with Gasteiger partial charge in [0.05, 0.1) is 0 Å². The Labute approximate surface area is 107 Å². The van der Waals surface area contributed by atoms with E-state index in [0.717, 1.165) is 28.4 Å². The number of nitrogens with zero attached hydrogens (tertiary/aromatic N) is 1. The molecule has 0 radical (unpaired) electrons. The van der Waals surface area contributed by atoms with Gasteiger partial charge in [0.25, 0.3) is 0 Å². The Hall–Kier alpha value is -1.06. The van der Waals surface area contributed by atoms with E-state index in [1.54, 1.807) is 0 Å². The normalized spacial score (nSPS) is 20.1. The van der Waals surface area contributed by atoms with Crippen LogP contribution >= 0.6 is 11.6 Å². The molecule has 3 nitrogen and oxygen atoms in total. The summed E-state index contributed by atoms with van der Waals surface area (Å²) in [6.07, 6.45) is 0.553. The average Bonchev–Trinajstić information content (AvgIpc) is 2.65. The Morgan fingerprint density at radius 3 is 2.71 bits per heavy atom. The molecule has 2 rings (SSSR count). The van der Waals surface area contributed by atoms with E-state index in [-0.39, 0.29) is 11.8 Å². The van der Waals surface area contributed by atoms with Crippen LogP contribution in [0, 0.1) is 19.8 Å². The Morgan fingerprint density at radius 2 is 2.12 bits per heavy atom. The molecule has 1 atom stereocenters. The molecule has 0 spiro atoms. The molecular weight excluding hydrogens is 236 g/mol. The van der Waals surface area contributed by atoms with Crippen molar-refractivity contribution in [3.63, 3.8) is 0 Å². The van der Waals surface area contributed by atoms with E-state index in [4.69, 9.17) is 17.3 Å². The molecule has 1 aromatic rings. The lowest BCUT2D eigenvalue weighted by Crippen LogP contribution is -2.26. The van der Waals surface area contributed by atoms with Crippen molar-refractivity contribution in [2.45, 2.75) is 20.3 Å². The highest BCUT2D eigenvalue weighted by molar-refractivity contribution is 6.31. The van der Waals surface area contributed by atoms with E-state index in [2.05, 4.69) is 0 Å². The number of aryl methyl sites for hydroxylation is 2. The number of rotatable bonds is 2. The van der Waals surface area contributed by atoms with Crippen molar-refractivity contribution in [2.24, 2.45) is 11.7 Å². The molecule has 1 aliphatic heterocycles. The van der Waals surface area contributed by atoms with Crippen LogP contribution in [0.5, 0.6) is 0 Å². The molecule has 0 bridgehead atoms. The van der Waals surface area contributed by atoms with Gasteiger partial charge in [0.2, 0.25) is 5.91 Å². The molecule has 1 aromatic carbocycles. The molecule has 0 saturated carbocycles. The largest absolute Gasteiger partial charge is 0.330 e. The maximum absolute atomic E-state index is 11.9. The zero-order chi connectivity index (χ0) is 12.6. The van der Waals surface area contributed by atoms with Crippen LogP contribution in [0.1, 0.15) is 17.5 Å². The monoisotopic (exact) mass is 252 g/mol. The van der Waals surface area contributed by atoms with E-state index in [1.807, 2.05) is 30.9 Å². The van der Waals surface area contributed by atoms with Crippen LogP contribution in [-0.2, 0) is 4.79 Å². The summed E-state index contributed by atoms with van der Waals surface area (Å²) in [7, 11) is 0. The number of benzene rings is 1. The van der Waals surface area contributed by atoms with Crippen LogP contribution in [0.2, 0.25) is 5.02 Å². The van der Waals surface area contributed by atoms with E-state index >= 15 is 0 Å². The van der Waals surface area contributed by atoms with Gasteiger partial charge in [0, 0.05) is 23.7 Å². The highest BCUT2D eigenvalue weighted by Crippen LogP contribution is 2.31. The van der Waals surface area contributed by atoms with Gasteiger partial charge in [-0.25, -0.2) is 0 Å². The van der Waals surface area contributed by atoms with Gasteiger partial charge in [-0.15, -0.1) is 0 Å². The molecule has 17 heavy (non-hydrogen) atoms. The number of anilines is 1. The number of nitrogens with two attached hydrogens (primary N) is 1. The van der Waals surface area contributed by atoms with Crippen LogP contribution in [-0.4, -0.2) is 19.0 Å². The fourth-order valence-electron chi connectivity index (χ4n) is 2.23. The maximum Gasteiger partial charge on any atom is 0.227 e. The summed E-state index contributed by atoms with van der Waals surface area (Å²) < 4.78 is 0. The minimum atomic E-state index is 0.158. The first-order valence-electron chi connectivity index (χ1n) is 5.80. The Balaban J connectivity index is 2.35. The lowest BCUT2D eigenvalue weighted by molar-refractivity contribution is -0.117. The number of amides is 1. The van der Waals surface area contributed by atoms with Crippen LogP contribution in [0.25, 0.3) is 0 Å². The third-order valence-electron chi connectivity index (χ3n) is 3.31. The van der Waals surface area contributed by atoms with Crippen molar-refractivity contribution in [3.8, 4) is 0 Å². The standard InChI is InChI=1S/C13H17ClN2O/c1-8-4-12(9(2)3-11(8)14)16-7-10(6-15)5-13(16)17/h3-4,10H,5-7,15H2,1-2H3. The van der Waals surface area contributed by atoms with Gasteiger partial charge in [-0.3, -0.25) is 4.79 Å². The second-order valence-corrected chi connectivity index (χ2v) is 5.11. The summed E-state index contributed by atoms with van der Waals surface area (Å²) in [5.74, 6) is 0.433. The number of hydrogen-bond donors (Lipinski definition) is 1. The summed E-state index contributed by atoms with van der Waals surface area (Å²) in [6.45, 7) is 5.21. The molecule has 1 fully saturated rings. The Bertz CT molecular complexity index is 459. The SMILES string of the molecule is Cc1cc(N2CC(CN)CC2=O)c(C)cc1Cl. The number of hydrogen-bond acceptors (Lipinski definition) is 2. The van der Waals surface area contributed by atoms with E-state index in [9.17, 15) is 4.79 Å². The molecule has 1 amide bonds. The molecule has 4 heteroatoms. The molecule has 92 valence electrons. The minimum absolute atomic E-state index is 0.158. The minimum Gasteiger partial charge on any atom is -0.330 e. The number of halogens is 1. The second-order valence-electron chi connectivity index (χ2n) is 4.70. The summed E-state index contributed by atoms with van der Waals surface area (Å²) in [5, 5.41) is 0.744. The van der Waals surface area contributed by atoms with Crippen LogP contribution in [0.3, 0.4) is 0 Å². The molecule has 1 unspecified atom stereocenters. The zero-order valence-electron chi connectivity index (χ0n) is 10.2. The predicted octanol–water partition coefficient (Wildman–Crippen LogP) is 2.27. The molecule has 1 aliphatic rings. The summed E-state index contributed by atoms with van der Waals surface area (Å²) in [5.41, 5.74) is 8.62. The van der Waals surface area contributed by atoms with Crippen molar-refractivity contribution >= 4 is 23.2 Å². The zero-order valence-corrected chi connectivity index (χ0v) is 10.9. The highest BCUT2D eigenvalue weighted by atomic mass is 35.5. The molecular formula is C13H17ClN2O. The van der Waals surface area contributed by atoms with Gasteiger partial charge in [0.15, 0.2) is 0 Å². The summed E-state index contributed by atoms with van der Waals surface area (Å²) in [4.78, 5) is 13.8. The highest BCUT2D eigenvalue weighted by Gasteiger charge is 2.30. The van der Waals surface area contributed by atoms with Gasteiger partial charge in [-0.05, 0) is 49.6 Å². The van der Waals surface area contributed by atoms with Crippen molar-refractivity contribution < 1.29 is 4.79 Å². The molecule has 0 aromatic heterocycles. The fourth-order valence-corrected chi connectivity index (χ4v) is 2.45. The lowest BCUT2D eigenvalue weighted by atomic mass is 10.1. The molecule has 1 heterocycles. The van der Waals surface area contributed by atoms with Crippen LogP contribution in [0.15, 0.2) is 12.1 Å². The third kappa shape index (κ3) is 2.31. The number of carbonyl (C=O) groups is 1. The van der Waals surface area contributed by atoms with Gasteiger partial charge in [0.1, 0.15) is 0 Å².